The van der Waals surface area contributed by atoms with E-state index < -0.39 is 52.6 Å². The van der Waals surface area contributed by atoms with Crippen molar-refractivity contribution < 1.29 is 33.4 Å². The molecule has 3 rings (SSSR count). The average molecular weight is 532 g/mol. The molecule has 0 aromatic heterocycles. The summed E-state index contributed by atoms with van der Waals surface area (Å²) in [7, 11) is 0. The van der Waals surface area contributed by atoms with Gasteiger partial charge in [0.1, 0.15) is 11.4 Å². The first-order chi connectivity index (χ1) is 17.3. The lowest BCUT2D eigenvalue weighted by Crippen LogP contribution is -2.54. The molecule has 198 valence electrons. The molecule has 0 spiro atoms. The molecule has 2 unspecified atom stereocenters. The molecular formula is C26H30FN3O6S. The Morgan fingerprint density at radius 3 is 2.51 bits per heavy atom. The van der Waals surface area contributed by atoms with Crippen molar-refractivity contribution in [2.45, 2.75) is 44.1 Å². The third-order valence-corrected chi connectivity index (χ3v) is 7.05. The van der Waals surface area contributed by atoms with E-state index in [-0.39, 0.29) is 12.1 Å². The number of urea groups is 1. The predicted octanol–water partition coefficient (Wildman–Crippen LogP) is 3.91. The number of rotatable bonds is 7. The Morgan fingerprint density at radius 1 is 1.16 bits per heavy atom. The van der Waals surface area contributed by atoms with E-state index in [0.717, 1.165) is 11.8 Å². The summed E-state index contributed by atoms with van der Waals surface area (Å²) in [4.78, 5) is 49.9. The van der Waals surface area contributed by atoms with Crippen molar-refractivity contribution in [2.75, 3.05) is 24.2 Å². The van der Waals surface area contributed by atoms with E-state index in [4.69, 9.17) is 4.74 Å². The minimum absolute atomic E-state index is 0.00826. The number of benzene rings is 2. The number of amides is 3. The van der Waals surface area contributed by atoms with E-state index in [1.165, 1.54) is 36.1 Å². The standard InChI is InChI=1S/C26H30FN3O6S/c1-16(22(32)33)17-8-7-9-18(14-17)29-24(35)28-15-21(31)30-12-13-37-26(30,23(34)36-25(2,3)4)19-10-5-6-11-20(19)27/h5-11,14,16H,12-13,15H2,1-4H3,(H,32,33)(H2,28,29,35). The number of halogens is 1. The average Bonchev–Trinajstić information content (AvgIpc) is 3.27. The fraction of sp³-hybridized carbons (Fsp3) is 0.385. The smallest absolute Gasteiger partial charge is 0.348 e. The molecule has 2 aromatic carbocycles. The molecule has 3 amide bonds. The van der Waals surface area contributed by atoms with Gasteiger partial charge in [0, 0.05) is 23.5 Å². The van der Waals surface area contributed by atoms with E-state index in [1.54, 1.807) is 45.0 Å². The number of esters is 1. The number of carboxylic acid groups (broad SMARTS) is 1. The van der Waals surface area contributed by atoms with Gasteiger partial charge in [0.25, 0.3) is 0 Å². The van der Waals surface area contributed by atoms with Crippen molar-refractivity contribution in [1.29, 1.82) is 0 Å². The van der Waals surface area contributed by atoms with Gasteiger partial charge >= 0.3 is 18.0 Å². The van der Waals surface area contributed by atoms with Gasteiger partial charge in [-0.15, -0.1) is 11.8 Å². The maximum atomic E-state index is 14.9. The highest BCUT2D eigenvalue weighted by atomic mass is 32.2. The molecule has 11 heteroatoms. The van der Waals surface area contributed by atoms with Gasteiger partial charge in [-0.2, -0.15) is 0 Å². The molecule has 0 aliphatic carbocycles. The van der Waals surface area contributed by atoms with Crippen molar-refractivity contribution in [3.63, 3.8) is 0 Å². The number of nitrogens with one attached hydrogen (secondary N) is 2. The first-order valence-corrected chi connectivity index (χ1v) is 12.6. The van der Waals surface area contributed by atoms with Gasteiger partial charge in [0.2, 0.25) is 10.8 Å². The molecule has 3 N–H and O–H groups in total. The van der Waals surface area contributed by atoms with Gasteiger partial charge in [-0.1, -0.05) is 30.3 Å². The third kappa shape index (κ3) is 6.40. The topological polar surface area (TPSA) is 125 Å². The van der Waals surface area contributed by atoms with Crippen LogP contribution in [0.25, 0.3) is 0 Å². The highest BCUT2D eigenvalue weighted by molar-refractivity contribution is 8.01. The second-order valence-corrected chi connectivity index (χ2v) is 10.8. The number of hydrogen-bond acceptors (Lipinski definition) is 6. The molecule has 1 saturated heterocycles. The Balaban J connectivity index is 1.77. The number of hydrogen-bond donors (Lipinski definition) is 3. The van der Waals surface area contributed by atoms with Gasteiger partial charge in [-0.05, 0) is 51.5 Å². The summed E-state index contributed by atoms with van der Waals surface area (Å²) in [6, 6.07) is 11.4. The predicted molar refractivity (Wildman–Crippen MR) is 138 cm³/mol. The molecular weight excluding hydrogens is 501 g/mol. The number of nitrogens with zero attached hydrogens (tertiary/aromatic N) is 1. The van der Waals surface area contributed by atoms with Crippen LogP contribution in [0.1, 0.15) is 44.7 Å². The normalized spacial score (nSPS) is 18.1. The third-order valence-electron chi connectivity index (χ3n) is 5.64. The van der Waals surface area contributed by atoms with Crippen LogP contribution < -0.4 is 10.6 Å². The molecule has 2 atom stereocenters. The van der Waals surface area contributed by atoms with Crippen LogP contribution in [0, 0.1) is 5.82 Å². The molecule has 0 radical (unpaired) electrons. The second-order valence-electron chi connectivity index (χ2n) is 9.51. The van der Waals surface area contributed by atoms with Crippen LogP contribution in [0.4, 0.5) is 14.9 Å². The van der Waals surface area contributed by atoms with Crippen molar-refractivity contribution in [3.05, 3.63) is 65.5 Å². The Bertz CT molecular complexity index is 1200. The van der Waals surface area contributed by atoms with E-state index in [9.17, 15) is 28.7 Å². The lowest BCUT2D eigenvalue weighted by atomic mass is 10.0. The van der Waals surface area contributed by atoms with E-state index >= 15 is 0 Å². The zero-order valence-electron chi connectivity index (χ0n) is 21.0. The first-order valence-electron chi connectivity index (χ1n) is 11.7. The van der Waals surface area contributed by atoms with Gasteiger partial charge in [-0.3, -0.25) is 9.59 Å². The molecule has 9 nitrogen and oxygen atoms in total. The monoisotopic (exact) mass is 531 g/mol. The molecule has 0 bridgehead atoms. The van der Waals surface area contributed by atoms with Crippen LogP contribution in [-0.2, 0) is 24.0 Å². The van der Waals surface area contributed by atoms with Crippen molar-refractivity contribution >= 4 is 41.3 Å². The summed E-state index contributed by atoms with van der Waals surface area (Å²) in [6.45, 7) is 6.27. The Kier molecular flexibility index (Phi) is 8.47. The maximum Gasteiger partial charge on any atom is 0.348 e. The van der Waals surface area contributed by atoms with Crippen LogP contribution in [0.3, 0.4) is 0 Å². The van der Waals surface area contributed by atoms with Crippen LogP contribution in [0.15, 0.2) is 48.5 Å². The first kappa shape index (κ1) is 28.0. The van der Waals surface area contributed by atoms with E-state index in [0.29, 0.717) is 17.0 Å². The van der Waals surface area contributed by atoms with Crippen LogP contribution >= 0.6 is 11.8 Å². The lowest BCUT2D eigenvalue weighted by Gasteiger charge is -2.37. The quantitative estimate of drug-likeness (QED) is 0.463. The van der Waals surface area contributed by atoms with Crippen molar-refractivity contribution in [1.82, 2.24) is 10.2 Å². The molecule has 1 fully saturated rings. The second kappa shape index (κ2) is 11.2. The highest BCUT2D eigenvalue weighted by Gasteiger charge is 2.55. The molecule has 1 aliphatic heterocycles. The minimum atomic E-state index is -1.74. The van der Waals surface area contributed by atoms with E-state index in [1.807, 2.05) is 0 Å². The number of carbonyl (C=O) groups excluding carboxylic acids is 3. The molecule has 1 heterocycles. The lowest BCUT2D eigenvalue weighted by molar-refractivity contribution is -0.167. The fourth-order valence-electron chi connectivity index (χ4n) is 3.86. The van der Waals surface area contributed by atoms with Crippen molar-refractivity contribution in [3.8, 4) is 0 Å². The molecule has 37 heavy (non-hydrogen) atoms. The van der Waals surface area contributed by atoms with Gasteiger partial charge < -0.3 is 25.4 Å². The van der Waals surface area contributed by atoms with Gasteiger partial charge in [-0.25, -0.2) is 14.0 Å². The molecule has 1 aliphatic rings. The zero-order valence-corrected chi connectivity index (χ0v) is 21.9. The van der Waals surface area contributed by atoms with Gasteiger partial charge in [0.05, 0.1) is 12.5 Å². The minimum Gasteiger partial charge on any atom is -0.481 e. The number of carboxylic acids is 1. The number of thioether (sulfide) groups is 1. The van der Waals surface area contributed by atoms with Gasteiger partial charge in [0.15, 0.2) is 0 Å². The Hall–Kier alpha value is -3.60. The summed E-state index contributed by atoms with van der Waals surface area (Å²) < 4.78 is 20.5. The van der Waals surface area contributed by atoms with Crippen LogP contribution in [0.5, 0.6) is 0 Å². The van der Waals surface area contributed by atoms with Crippen LogP contribution in [0.2, 0.25) is 0 Å². The number of ether oxygens (including phenoxy) is 1. The summed E-state index contributed by atoms with van der Waals surface area (Å²) in [6.07, 6.45) is 0. The summed E-state index contributed by atoms with van der Waals surface area (Å²) in [5.41, 5.74) is -0.0176. The Labute approximate surface area is 218 Å². The van der Waals surface area contributed by atoms with Crippen LogP contribution in [-0.4, -0.2) is 58.3 Å². The largest absolute Gasteiger partial charge is 0.481 e. The van der Waals surface area contributed by atoms with E-state index in [2.05, 4.69) is 10.6 Å². The number of aliphatic carboxylic acids is 1. The summed E-state index contributed by atoms with van der Waals surface area (Å²) >= 11 is 1.10. The summed E-state index contributed by atoms with van der Waals surface area (Å²) in [5.74, 6) is -3.42. The number of anilines is 1. The zero-order chi connectivity index (χ0) is 27.4. The van der Waals surface area contributed by atoms with Crippen molar-refractivity contribution in [2.24, 2.45) is 0 Å². The molecule has 2 aromatic rings. The highest BCUT2D eigenvalue weighted by Crippen LogP contribution is 2.47. The molecule has 0 saturated carbocycles. The Morgan fingerprint density at radius 2 is 1.86 bits per heavy atom. The SMILES string of the molecule is CC(C(=O)O)c1cccc(NC(=O)NCC(=O)N2CCSC2(C(=O)OC(C)(C)C)c2ccccc2F)c1. The number of carbonyl (C=O) groups is 4. The maximum absolute atomic E-state index is 14.9. The fourth-order valence-corrected chi connectivity index (χ4v) is 5.26. The summed E-state index contributed by atoms with van der Waals surface area (Å²) in [5, 5.41) is 14.2.